The lowest BCUT2D eigenvalue weighted by Crippen LogP contribution is -2.61. The summed E-state index contributed by atoms with van der Waals surface area (Å²) in [5.74, 6) is 0. The molecule has 0 spiro atoms. The highest BCUT2D eigenvalue weighted by atomic mass is 32.1. The van der Waals surface area contributed by atoms with Crippen molar-refractivity contribution in [3.63, 3.8) is 0 Å². The molecule has 0 saturated heterocycles. The van der Waals surface area contributed by atoms with Gasteiger partial charge < -0.3 is 14.7 Å². The minimum absolute atomic E-state index is 0.0105. The van der Waals surface area contributed by atoms with Crippen molar-refractivity contribution in [3.05, 3.63) is 191 Å². The Morgan fingerprint density at radius 1 is 0.468 bits per heavy atom. The van der Waals surface area contributed by atoms with E-state index in [2.05, 4.69) is 270 Å². The van der Waals surface area contributed by atoms with E-state index in [1.807, 2.05) is 11.3 Å². The maximum atomic E-state index is 2.76. The normalized spacial score (nSPS) is 17.5. The Balaban J connectivity index is 1.19. The van der Waals surface area contributed by atoms with Gasteiger partial charge in [0.25, 0.3) is 6.71 Å². The zero-order valence-electron chi connectivity index (χ0n) is 48.4. The van der Waals surface area contributed by atoms with Crippen molar-refractivity contribution >= 4 is 106 Å². The topological polar surface area (TPSA) is 9.72 Å². The summed E-state index contributed by atoms with van der Waals surface area (Å²) in [4.78, 5) is 7.90. The third-order valence-corrected chi connectivity index (χ3v) is 19.8. The van der Waals surface area contributed by atoms with Crippen LogP contribution in [0.5, 0.6) is 0 Å². The van der Waals surface area contributed by atoms with Crippen molar-refractivity contribution in [1.29, 1.82) is 0 Å². The summed E-state index contributed by atoms with van der Waals surface area (Å²) in [5.41, 5.74) is 25.0. The second kappa shape index (κ2) is 16.7. The van der Waals surface area contributed by atoms with E-state index in [0.29, 0.717) is 0 Å². The molecule has 2 aliphatic heterocycles. The second-order valence-electron chi connectivity index (χ2n) is 28.1. The average molecular weight is 1030 g/mol. The van der Waals surface area contributed by atoms with Crippen LogP contribution < -0.4 is 31.1 Å². The molecule has 0 fully saturated rings. The van der Waals surface area contributed by atoms with Crippen molar-refractivity contribution in [2.45, 2.75) is 156 Å². The Morgan fingerprint density at radius 3 is 1.64 bits per heavy atom. The molecule has 2 aliphatic carbocycles. The van der Waals surface area contributed by atoms with Gasteiger partial charge in [-0.2, -0.15) is 0 Å². The molecule has 0 N–H and O–H groups in total. The Bertz CT molecular complexity index is 3860. The quantitative estimate of drug-likeness (QED) is 0.159. The van der Waals surface area contributed by atoms with E-state index in [0.717, 1.165) is 23.5 Å². The third-order valence-electron chi connectivity index (χ3n) is 18.6. The summed E-state index contributed by atoms with van der Waals surface area (Å²) in [5, 5.41) is 2.65. The zero-order valence-corrected chi connectivity index (χ0v) is 49.2. The highest BCUT2D eigenvalue weighted by Crippen LogP contribution is 2.56. The van der Waals surface area contributed by atoms with Crippen LogP contribution >= 0.6 is 11.3 Å². The number of aryl methyl sites for hydroxylation is 1. The van der Waals surface area contributed by atoms with Crippen LogP contribution in [0.3, 0.4) is 0 Å². The Kier molecular flexibility index (Phi) is 10.9. The van der Waals surface area contributed by atoms with Gasteiger partial charge in [-0.1, -0.05) is 170 Å². The lowest BCUT2D eigenvalue weighted by Gasteiger charge is -2.47. The first-order valence-corrected chi connectivity index (χ1v) is 29.3. The van der Waals surface area contributed by atoms with Gasteiger partial charge in [-0.25, -0.2) is 0 Å². The maximum Gasteiger partial charge on any atom is 0.252 e. The molecule has 0 amide bonds. The molecule has 8 aromatic carbocycles. The molecule has 0 unspecified atom stereocenters. The van der Waals surface area contributed by atoms with Gasteiger partial charge in [-0.15, -0.1) is 11.3 Å². The first kappa shape index (κ1) is 50.0. The van der Waals surface area contributed by atoms with Gasteiger partial charge in [0.1, 0.15) is 0 Å². The molecule has 4 aliphatic rings. The Morgan fingerprint density at radius 2 is 1.01 bits per heavy atom. The molecule has 9 aromatic rings. The smallest absolute Gasteiger partial charge is 0.252 e. The molecule has 0 bridgehead atoms. The van der Waals surface area contributed by atoms with Gasteiger partial charge in [-0.3, -0.25) is 0 Å². The predicted octanol–water partition coefficient (Wildman–Crippen LogP) is 18.8. The largest absolute Gasteiger partial charge is 0.311 e. The van der Waals surface area contributed by atoms with Crippen LogP contribution in [0.1, 0.15) is 155 Å². The van der Waals surface area contributed by atoms with Gasteiger partial charge in [0.2, 0.25) is 0 Å². The standard InChI is InChI=1S/C72H76BN3S/c1-44-34-52-54(70(10,11)33-32-69(52,8)9)41-59(44)76-61-42-55-53(71(12,13)43-72(55,14)15)40-58(61)73-57-31-30-48(74(46-24-18-16-19-25-46)47-26-20-17-21-27-47)39-60(57)75(62-35-45(67(2,3)4)36-63(76)65(62)73)49-37-51-50-28-22-23-29-64(50)77-66(51)56(38-49)68(5,6)7/h16-31,34-42H,32-33,43H2,1-15H3. The third kappa shape index (κ3) is 7.71. The number of benzene rings is 8. The summed E-state index contributed by atoms with van der Waals surface area (Å²) in [7, 11) is 0. The zero-order chi connectivity index (χ0) is 54.1. The molecular weight excluding hydrogens is 950 g/mol. The fourth-order valence-electron chi connectivity index (χ4n) is 14.6. The van der Waals surface area contributed by atoms with Gasteiger partial charge in [0.15, 0.2) is 0 Å². The molecule has 3 nitrogen and oxygen atoms in total. The van der Waals surface area contributed by atoms with E-state index in [1.165, 1.54) is 122 Å². The number of hydrogen-bond acceptors (Lipinski definition) is 4. The van der Waals surface area contributed by atoms with E-state index in [1.54, 1.807) is 0 Å². The SMILES string of the molecule is Cc1cc2c(cc1N1c3cc4c(cc3B3c5ccc(N(c6ccccc6)c6ccccc6)cc5N(c5cc(C(C)(C)C)c6sc7ccccc7c6c5)c5cc(C(C)(C)C)cc1c53)C(C)(C)CC4(C)C)C(C)(C)CCC2(C)C. The molecule has 0 atom stereocenters. The number of nitrogens with zero attached hydrogens (tertiary/aromatic N) is 3. The second-order valence-corrected chi connectivity index (χ2v) is 29.2. The van der Waals surface area contributed by atoms with E-state index in [4.69, 9.17) is 0 Å². The Labute approximate surface area is 464 Å². The molecule has 0 saturated carbocycles. The molecule has 0 radical (unpaired) electrons. The number of anilines is 9. The summed E-state index contributed by atoms with van der Waals surface area (Å²) < 4.78 is 2.71. The molecular formula is C72H76BN3S. The highest BCUT2D eigenvalue weighted by Gasteiger charge is 2.49. The fraction of sp³-hybridized carbons (Fsp3) is 0.333. The summed E-state index contributed by atoms with van der Waals surface area (Å²) in [6.45, 7) is 36.6. The Hall–Kier alpha value is -6.56. The number of rotatable bonds is 5. The predicted molar refractivity (Wildman–Crippen MR) is 336 cm³/mol. The van der Waals surface area contributed by atoms with Crippen molar-refractivity contribution in [2.75, 3.05) is 14.7 Å². The van der Waals surface area contributed by atoms with Crippen LogP contribution in [0.15, 0.2) is 152 Å². The number of hydrogen-bond donors (Lipinski definition) is 0. The molecule has 1 aromatic heterocycles. The monoisotopic (exact) mass is 1030 g/mol. The van der Waals surface area contributed by atoms with Crippen LogP contribution in [-0.2, 0) is 32.5 Å². The lowest BCUT2D eigenvalue weighted by atomic mass is 9.33. The number of fused-ring (bicyclic) bond motifs is 9. The van der Waals surface area contributed by atoms with E-state index in [9.17, 15) is 0 Å². The van der Waals surface area contributed by atoms with Crippen molar-refractivity contribution in [2.24, 2.45) is 0 Å². The molecule has 77 heavy (non-hydrogen) atoms. The van der Waals surface area contributed by atoms with Crippen LogP contribution in [-0.4, -0.2) is 6.71 Å². The van der Waals surface area contributed by atoms with Crippen LogP contribution in [0, 0.1) is 6.92 Å². The van der Waals surface area contributed by atoms with Crippen molar-refractivity contribution in [1.82, 2.24) is 0 Å². The van der Waals surface area contributed by atoms with Crippen molar-refractivity contribution < 1.29 is 0 Å². The molecule has 5 heteroatoms. The minimum atomic E-state index is -0.164. The van der Waals surface area contributed by atoms with Crippen LogP contribution in [0.25, 0.3) is 20.2 Å². The average Bonchev–Trinajstić information content (AvgIpc) is 3.91. The highest BCUT2D eigenvalue weighted by molar-refractivity contribution is 7.26. The first-order valence-electron chi connectivity index (χ1n) is 28.5. The first-order chi connectivity index (χ1) is 36.3. The van der Waals surface area contributed by atoms with Gasteiger partial charge in [0, 0.05) is 71.4 Å². The van der Waals surface area contributed by atoms with E-state index >= 15 is 0 Å². The minimum Gasteiger partial charge on any atom is -0.311 e. The summed E-state index contributed by atoms with van der Waals surface area (Å²) in [6, 6.07) is 59.2. The van der Waals surface area contributed by atoms with Gasteiger partial charge in [-0.05, 0) is 193 Å². The lowest BCUT2D eigenvalue weighted by molar-refractivity contribution is 0.332. The van der Waals surface area contributed by atoms with Crippen molar-refractivity contribution in [3.8, 4) is 0 Å². The molecule has 3 heterocycles. The van der Waals surface area contributed by atoms with Gasteiger partial charge >= 0.3 is 0 Å². The molecule has 388 valence electrons. The maximum absolute atomic E-state index is 2.76. The molecule has 13 rings (SSSR count). The van der Waals surface area contributed by atoms with E-state index in [-0.39, 0.29) is 39.2 Å². The fourth-order valence-corrected chi connectivity index (χ4v) is 16.0. The number of thiophene rings is 1. The number of para-hydroxylation sites is 2. The van der Waals surface area contributed by atoms with Crippen LogP contribution in [0.2, 0.25) is 0 Å². The summed E-state index contributed by atoms with van der Waals surface area (Å²) >= 11 is 1.94. The van der Waals surface area contributed by atoms with Gasteiger partial charge in [0.05, 0.1) is 0 Å². The van der Waals surface area contributed by atoms with Crippen LogP contribution in [0.4, 0.5) is 51.2 Å². The van der Waals surface area contributed by atoms with E-state index < -0.39 is 0 Å². The summed E-state index contributed by atoms with van der Waals surface area (Å²) in [6.07, 6.45) is 3.46.